The molecule has 4 rings (SSSR count). The van der Waals surface area contributed by atoms with Gasteiger partial charge in [-0.25, -0.2) is 14.7 Å². The van der Waals surface area contributed by atoms with Crippen molar-refractivity contribution in [3.8, 4) is 6.07 Å². The number of nitrogens with zero attached hydrogens (tertiary/aromatic N) is 3. The van der Waals surface area contributed by atoms with E-state index in [0.29, 0.717) is 12.8 Å². The van der Waals surface area contributed by atoms with E-state index in [2.05, 4.69) is 4.84 Å². The van der Waals surface area contributed by atoms with Crippen LogP contribution in [0.4, 0.5) is 33.7 Å². The Bertz CT molecular complexity index is 1180. The Labute approximate surface area is 192 Å². The molecule has 2 atom stereocenters. The number of amides is 3. The van der Waals surface area contributed by atoms with Crippen molar-refractivity contribution in [3.05, 3.63) is 58.9 Å². The van der Waals surface area contributed by atoms with Crippen LogP contribution < -0.4 is 15.3 Å². The first-order valence-corrected chi connectivity index (χ1v) is 10.5. The second-order valence-corrected chi connectivity index (χ2v) is 8.08. The molecule has 0 radical (unpaired) electrons. The third-order valence-electron chi connectivity index (χ3n) is 6.15. The van der Waals surface area contributed by atoms with Gasteiger partial charge in [-0.3, -0.25) is 19.4 Å². The normalized spacial score (nSPS) is 20.2. The number of rotatable bonds is 4. The monoisotopic (exact) mass is 476 g/mol. The number of hydroxylamine groups is 1. The Morgan fingerprint density at radius 3 is 2.21 bits per heavy atom. The fourth-order valence-electron chi connectivity index (χ4n) is 4.70. The highest BCUT2D eigenvalue weighted by molar-refractivity contribution is 6.08. The third kappa shape index (κ3) is 4.05. The fourth-order valence-corrected chi connectivity index (χ4v) is 4.70. The minimum Gasteiger partial charge on any atom is -0.289 e. The molecule has 11 heteroatoms. The topological polar surface area (TPSA) is 85.7 Å². The van der Waals surface area contributed by atoms with Crippen molar-refractivity contribution in [2.24, 2.45) is 0 Å². The molecule has 1 heterocycles. The molecule has 34 heavy (non-hydrogen) atoms. The summed E-state index contributed by atoms with van der Waals surface area (Å²) in [5.74, 6) is -1.67. The van der Waals surface area contributed by atoms with Gasteiger partial charge in [0.2, 0.25) is 0 Å². The van der Waals surface area contributed by atoms with Gasteiger partial charge >= 0.3 is 12.2 Å². The Morgan fingerprint density at radius 1 is 1.09 bits per heavy atom. The van der Waals surface area contributed by atoms with Crippen molar-refractivity contribution in [1.29, 1.82) is 5.26 Å². The highest BCUT2D eigenvalue weighted by Crippen LogP contribution is 2.42. The largest absolute Gasteiger partial charge is 0.417 e. The zero-order valence-electron chi connectivity index (χ0n) is 18.0. The summed E-state index contributed by atoms with van der Waals surface area (Å²) < 4.78 is 55.3. The zero-order valence-corrected chi connectivity index (χ0v) is 18.0. The molecule has 178 valence electrons. The maximum Gasteiger partial charge on any atom is 0.417 e. The molecule has 3 amide bonds. The van der Waals surface area contributed by atoms with E-state index < -0.39 is 41.1 Å². The van der Waals surface area contributed by atoms with Crippen molar-refractivity contribution in [1.82, 2.24) is 5.48 Å². The molecule has 1 aliphatic heterocycles. The molecule has 2 aromatic rings. The lowest BCUT2D eigenvalue weighted by molar-refractivity contribution is -0.137. The van der Waals surface area contributed by atoms with Gasteiger partial charge < -0.3 is 0 Å². The van der Waals surface area contributed by atoms with Crippen LogP contribution in [0.1, 0.15) is 47.2 Å². The van der Waals surface area contributed by atoms with Crippen LogP contribution in [-0.4, -0.2) is 31.1 Å². The van der Waals surface area contributed by atoms with Gasteiger partial charge in [0, 0.05) is 11.4 Å². The molecule has 0 spiro atoms. The minimum absolute atomic E-state index is 0.0206. The van der Waals surface area contributed by atoms with E-state index in [9.17, 15) is 27.2 Å². The third-order valence-corrected chi connectivity index (χ3v) is 6.15. The van der Waals surface area contributed by atoms with Gasteiger partial charge in [-0.15, -0.1) is 0 Å². The molecule has 2 aromatic carbocycles. The molecular weight excluding hydrogens is 456 g/mol. The van der Waals surface area contributed by atoms with Gasteiger partial charge in [0.15, 0.2) is 0 Å². The Balaban J connectivity index is 1.75. The smallest absolute Gasteiger partial charge is 0.289 e. The summed E-state index contributed by atoms with van der Waals surface area (Å²) in [5.41, 5.74) is 0.298. The Hall–Kier alpha value is -3.65. The van der Waals surface area contributed by atoms with E-state index in [4.69, 9.17) is 5.26 Å². The highest BCUT2D eigenvalue weighted by atomic mass is 19.4. The lowest BCUT2D eigenvalue weighted by Gasteiger charge is -2.32. The van der Waals surface area contributed by atoms with Gasteiger partial charge in [-0.05, 0) is 49.2 Å². The summed E-state index contributed by atoms with van der Waals surface area (Å²) in [7, 11) is 1.21. The Morgan fingerprint density at radius 2 is 1.68 bits per heavy atom. The van der Waals surface area contributed by atoms with Crippen LogP contribution in [0.5, 0.6) is 0 Å². The summed E-state index contributed by atoms with van der Waals surface area (Å²) in [6.45, 7) is 0. The van der Waals surface area contributed by atoms with Crippen LogP contribution in [-0.2, 0) is 11.0 Å². The molecular formula is C23H20F4N4O3. The van der Waals surface area contributed by atoms with E-state index in [-0.39, 0.29) is 23.0 Å². The molecule has 0 aromatic heterocycles. The van der Waals surface area contributed by atoms with Gasteiger partial charge in [-0.1, -0.05) is 12.8 Å². The maximum absolute atomic E-state index is 14.7. The highest BCUT2D eigenvalue weighted by Gasteiger charge is 2.48. The maximum atomic E-state index is 14.7. The molecule has 2 aliphatic rings. The Kier molecular flexibility index (Phi) is 6.18. The predicted molar refractivity (Wildman–Crippen MR) is 113 cm³/mol. The number of hydrogen-bond donors (Lipinski definition) is 1. The van der Waals surface area contributed by atoms with Gasteiger partial charge in [-0.2, -0.15) is 18.4 Å². The number of nitriles is 1. The number of fused-ring (bicyclic) bond motifs is 1. The lowest BCUT2D eigenvalue weighted by atomic mass is 9.89. The van der Waals surface area contributed by atoms with Crippen LogP contribution in [0.15, 0.2) is 36.4 Å². The number of anilines is 2. The summed E-state index contributed by atoms with van der Waals surface area (Å²) in [5, 5.41) is 9.08. The van der Waals surface area contributed by atoms with Crippen LogP contribution in [0.25, 0.3) is 0 Å². The zero-order chi connectivity index (χ0) is 24.6. The van der Waals surface area contributed by atoms with Crippen molar-refractivity contribution >= 4 is 23.3 Å². The van der Waals surface area contributed by atoms with Gasteiger partial charge in [0.1, 0.15) is 5.82 Å². The number of carbonyl (C=O) groups is 2. The van der Waals surface area contributed by atoms with Crippen molar-refractivity contribution < 1.29 is 32.0 Å². The van der Waals surface area contributed by atoms with Crippen molar-refractivity contribution in [2.75, 3.05) is 16.9 Å². The van der Waals surface area contributed by atoms with E-state index in [1.165, 1.54) is 41.2 Å². The van der Waals surface area contributed by atoms with Crippen LogP contribution >= 0.6 is 0 Å². The number of urea groups is 1. The molecule has 0 unspecified atom stereocenters. The van der Waals surface area contributed by atoms with Crippen LogP contribution in [0, 0.1) is 17.1 Å². The van der Waals surface area contributed by atoms with E-state index in [1.807, 2.05) is 5.48 Å². The molecule has 1 N–H and O–H groups in total. The van der Waals surface area contributed by atoms with Crippen molar-refractivity contribution in [3.63, 3.8) is 0 Å². The number of halogens is 4. The number of hydrogen-bond acceptors (Lipinski definition) is 4. The van der Waals surface area contributed by atoms with Gasteiger partial charge in [0.25, 0.3) is 5.91 Å². The first-order valence-electron chi connectivity index (χ1n) is 10.5. The van der Waals surface area contributed by atoms with Gasteiger partial charge in [0.05, 0.1) is 42.0 Å². The standard InChI is InChI=1S/C23H20F4N4O3/c1-34-29-21(32)16-9-8-15(11-18(16)24)31-20-5-3-2-4-19(20)30(22(31)33)14-7-6-13(12-28)17(10-14)23(25,26)27/h6-11,19-20H,2-5H2,1H3,(H,29,32)/t19-,20-/m1/s1. The van der Waals surface area contributed by atoms with E-state index >= 15 is 0 Å². The number of benzene rings is 2. The number of alkyl halides is 3. The molecule has 1 saturated heterocycles. The molecule has 1 saturated carbocycles. The fraction of sp³-hybridized carbons (Fsp3) is 0.348. The summed E-state index contributed by atoms with van der Waals surface area (Å²) >= 11 is 0. The lowest BCUT2D eigenvalue weighted by Crippen LogP contribution is -2.40. The predicted octanol–water partition coefficient (Wildman–Crippen LogP) is 4.77. The summed E-state index contributed by atoms with van der Waals surface area (Å²) in [6, 6.07) is 7.00. The van der Waals surface area contributed by atoms with E-state index in [1.54, 1.807) is 0 Å². The molecule has 2 fully saturated rings. The van der Waals surface area contributed by atoms with Crippen molar-refractivity contribution in [2.45, 2.75) is 43.9 Å². The second-order valence-electron chi connectivity index (χ2n) is 8.08. The average molecular weight is 476 g/mol. The number of nitrogens with one attached hydrogen (secondary N) is 1. The molecule has 1 aliphatic carbocycles. The average Bonchev–Trinajstić information content (AvgIpc) is 3.09. The summed E-state index contributed by atoms with van der Waals surface area (Å²) in [6.07, 6.45) is -2.03. The summed E-state index contributed by atoms with van der Waals surface area (Å²) in [4.78, 5) is 32.6. The minimum atomic E-state index is -4.77. The molecule has 7 nitrogen and oxygen atoms in total. The van der Waals surface area contributed by atoms with E-state index in [0.717, 1.165) is 31.0 Å². The van der Waals surface area contributed by atoms with Crippen LogP contribution in [0.3, 0.4) is 0 Å². The first-order chi connectivity index (χ1) is 16.2. The van der Waals surface area contributed by atoms with Crippen LogP contribution in [0.2, 0.25) is 0 Å². The second kappa shape index (κ2) is 8.95. The first kappa shape index (κ1) is 23.5. The number of carbonyl (C=O) groups excluding carboxylic acids is 2. The quantitative estimate of drug-likeness (QED) is 0.509. The molecule has 0 bridgehead atoms. The SMILES string of the molecule is CONC(=O)c1ccc(N2C(=O)N(c3ccc(C#N)c(C(F)(F)F)c3)[C@@H]3CCCC[C@H]32)cc1F.